The van der Waals surface area contributed by atoms with E-state index in [4.69, 9.17) is 5.73 Å². The second-order valence-corrected chi connectivity index (χ2v) is 4.77. The molecule has 1 saturated carbocycles. The van der Waals surface area contributed by atoms with Crippen molar-refractivity contribution in [3.63, 3.8) is 0 Å². The highest BCUT2D eigenvalue weighted by molar-refractivity contribution is 5.90. The van der Waals surface area contributed by atoms with Crippen LogP contribution in [0.5, 0.6) is 0 Å². The number of benzene rings is 1. The van der Waals surface area contributed by atoms with E-state index in [1.807, 2.05) is 18.2 Å². The van der Waals surface area contributed by atoms with Crippen LogP contribution in [-0.2, 0) is 0 Å². The summed E-state index contributed by atoms with van der Waals surface area (Å²) in [4.78, 5) is 8.56. The summed E-state index contributed by atoms with van der Waals surface area (Å²) in [5.74, 6) is 1.71. The Morgan fingerprint density at radius 3 is 2.94 bits per heavy atom. The zero-order valence-electron chi connectivity index (χ0n) is 9.85. The predicted molar refractivity (Wildman–Crippen MR) is 69.8 cm³/mol. The summed E-state index contributed by atoms with van der Waals surface area (Å²) in [6.45, 7) is 2.21. The quantitative estimate of drug-likeness (QED) is 0.792. The van der Waals surface area contributed by atoms with Gasteiger partial charge in [0, 0.05) is 17.1 Å². The van der Waals surface area contributed by atoms with Crippen LogP contribution in [0.15, 0.2) is 24.5 Å². The Kier molecular flexibility index (Phi) is 2.35. The van der Waals surface area contributed by atoms with E-state index in [1.54, 1.807) is 6.33 Å². The van der Waals surface area contributed by atoms with Crippen molar-refractivity contribution in [2.45, 2.75) is 25.8 Å². The number of aromatic nitrogens is 2. The van der Waals surface area contributed by atoms with E-state index in [0.29, 0.717) is 6.04 Å². The molecule has 1 aliphatic carbocycles. The molecule has 4 heteroatoms. The van der Waals surface area contributed by atoms with Gasteiger partial charge >= 0.3 is 0 Å². The SMILES string of the molecule is CC(Nc1ncnc2cc(N)ccc12)C1CC1. The molecule has 0 spiro atoms. The maximum Gasteiger partial charge on any atom is 0.137 e. The van der Waals surface area contributed by atoms with Crippen LogP contribution in [0, 0.1) is 5.92 Å². The molecule has 88 valence electrons. The fraction of sp³-hybridized carbons (Fsp3) is 0.385. The van der Waals surface area contributed by atoms with Gasteiger partial charge in [0.05, 0.1) is 5.52 Å². The van der Waals surface area contributed by atoms with Crippen LogP contribution in [0.2, 0.25) is 0 Å². The number of anilines is 2. The van der Waals surface area contributed by atoms with Gasteiger partial charge in [-0.05, 0) is 43.9 Å². The molecule has 0 aliphatic heterocycles. The van der Waals surface area contributed by atoms with Crippen molar-refractivity contribution in [1.82, 2.24) is 9.97 Å². The monoisotopic (exact) mass is 228 g/mol. The third-order valence-corrected chi connectivity index (χ3v) is 3.35. The van der Waals surface area contributed by atoms with Gasteiger partial charge in [0.1, 0.15) is 12.1 Å². The Balaban J connectivity index is 1.97. The van der Waals surface area contributed by atoms with Gasteiger partial charge in [0.25, 0.3) is 0 Å². The molecular weight excluding hydrogens is 212 g/mol. The molecule has 0 amide bonds. The van der Waals surface area contributed by atoms with E-state index in [9.17, 15) is 0 Å². The Morgan fingerprint density at radius 2 is 2.18 bits per heavy atom. The number of hydrogen-bond donors (Lipinski definition) is 2. The molecule has 2 aromatic rings. The maximum absolute atomic E-state index is 5.75. The van der Waals surface area contributed by atoms with Crippen molar-refractivity contribution in [2.24, 2.45) is 5.92 Å². The largest absolute Gasteiger partial charge is 0.399 e. The second kappa shape index (κ2) is 3.87. The molecule has 1 atom stereocenters. The minimum absolute atomic E-state index is 0.477. The van der Waals surface area contributed by atoms with Crippen LogP contribution >= 0.6 is 0 Å². The van der Waals surface area contributed by atoms with Crippen molar-refractivity contribution in [3.05, 3.63) is 24.5 Å². The van der Waals surface area contributed by atoms with E-state index in [0.717, 1.165) is 28.3 Å². The number of hydrogen-bond acceptors (Lipinski definition) is 4. The van der Waals surface area contributed by atoms with Crippen LogP contribution in [-0.4, -0.2) is 16.0 Å². The van der Waals surface area contributed by atoms with E-state index in [2.05, 4.69) is 22.2 Å². The van der Waals surface area contributed by atoms with E-state index in [1.165, 1.54) is 12.8 Å². The number of fused-ring (bicyclic) bond motifs is 1. The number of nitrogens with two attached hydrogens (primary N) is 1. The molecule has 3 rings (SSSR count). The van der Waals surface area contributed by atoms with Crippen molar-refractivity contribution < 1.29 is 0 Å². The summed E-state index contributed by atoms with van der Waals surface area (Å²) >= 11 is 0. The van der Waals surface area contributed by atoms with Crippen molar-refractivity contribution >= 4 is 22.4 Å². The molecule has 1 aromatic carbocycles. The standard InChI is InChI=1S/C13H16N4/c1-8(9-2-3-9)17-13-11-5-4-10(14)6-12(11)15-7-16-13/h4-9H,2-3,14H2,1H3,(H,15,16,17). The predicted octanol–water partition coefficient (Wildman–Crippen LogP) is 2.42. The summed E-state index contributed by atoms with van der Waals surface area (Å²) in [5.41, 5.74) is 7.38. The molecule has 17 heavy (non-hydrogen) atoms. The summed E-state index contributed by atoms with van der Waals surface area (Å²) in [5, 5.41) is 4.51. The summed E-state index contributed by atoms with van der Waals surface area (Å²) < 4.78 is 0. The zero-order chi connectivity index (χ0) is 11.8. The van der Waals surface area contributed by atoms with Gasteiger partial charge in [0.15, 0.2) is 0 Å². The van der Waals surface area contributed by atoms with Gasteiger partial charge in [-0.2, -0.15) is 0 Å². The van der Waals surface area contributed by atoms with E-state index < -0.39 is 0 Å². The first kappa shape index (κ1) is 10.3. The van der Waals surface area contributed by atoms with Gasteiger partial charge in [-0.15, -0.1) is 0 Å². The van der Waals surface area contributed by atoms with Crippen molar-refractivity contribution in [2.75, 3.05) is 11.1 Å². The zero-order valence-corrected chi connectivity index (χ0v) is 9.85. The smallest absolute Gasteiger partial charge is 0.137 e. The molecule has 1 heterocycles. The van der Waals surface area contributed by atoms with Crippen molar-refractivity contribution in [3.8, 4) is 0 Å². The first-order valence-electron chi connectivity index (χ1n) is 6.01. The van der Waals surface area contributed by atoms with Crippen LogP contribution in [0.3, 0.4) is 0 Å². The Labute approximate surface area is 100 Å². The minimum atomic E-state index is 0.477. The Morgan fingerprint density at radius 1 is 1.35 bits per heavy atom. The lowest BCUT2D eigenvalue weighted by Gasteiger charge is -2.14. The summed E-state index contributed by atoms with van der Waals surface area (Å²) in [7, 11) is 0. The molecule has 1 aliphatic rings. The third kappa shape index (κ3) is 2.02. The topological polar surface area (TPSA) is 63.8 Å². The van der Waals surface area contributed by atoms with E-state index >= 15 is 0 Å². The first-order valence-corrected chi connectivity index (χ1v) is 6.01. The Bertz CT molecular complexity index is 548. The first-order chi connectivity index (χ1) is 8.24. The minimum Gasteiger partial charge on any atom is -0.399 e. The fourth-order valence-electron chi connectivity index (χ4n) is 2.12. The van der Waals surface area contributed by atoms with Gasteiger partial charge < -0.3 is 11.1 Å². The van der Waals surface area contributed by atoms with Gasteiger partial charge in [-0.1, -0.05) is 0 Å². The highest BCUT2D eigenvalue weighted by Gasteiger charge is 2.28. The average molecular weight is 228 g/mol. The number of nitrogens with one attached hydrogen (secondary N) is 1. The second-order valence-electron chi connectivity index (χ2n) is 4.77. The van der Waals surface area contributed by atoms with E-state index in [-0.39, 0.29) is 0 Å². The molecule has 0 saturated heterocycles. The lowest BCUT2D eigenvalue weighted by atomic mass is 10.2. The molecule has 1 fully saturated rings. The highest BCUT2D eigenvalue weighted by Crippen LogP contribution is 2.34. The van der Waals surface area contributed by atoms with Gasteiger partial charge in [-0.3, -0.25) is 0 Å². The normalized spacial score (nSPS) is 17.0. The Hall–Kier alpha value is -1.84. The average Bonchev–Trinajstić information content (AvgIpc) is 3.12. The van der Waals surface area contributed by atoms with Crippen LogP contribution in [0.4, 0.5) is 11.5 Å². The lowest BCUT2D eigenvalue weighted by Crippen LogP contribution is -2.18. The fourth-order valence-corrected chi connectivity index (χ4v) is 2.12. The van der Waals surface area contributed by atoms with Crippen molar-refractivity contribution in [1.29, 1.82) is 0 Å². The molecule has 0 bridgehead atoms. The van der Waals surface area contributed by atoms with Gasteiger partial charge in [0.2, 0.25) is 0 Å². The third-order valence-electron chi connectivity index (χ3n) is 3.35. The number of nitrogen functional groups attached to an aromatic ring is 1. The highest BCUT2D eigenvalue weighted by atomic mass is 15.0. The van der Waals surface area contributed by atoms with Gasteiger partial charge in [-0.25, -0.2) is 9.97 Å². The van der Waals surface area contributed by atoms with Crippen LogP contribution in [0.1, 0.15) is 19.8 Å². The molecule has 1 unspecified atom stereocenters. The number of rotatable bonds is 3. The summed E-state index contributed by atoms with van der Waals surface area (Å²) in [6, 6.07) is 6.22. The van der Waals surface area contributed by atoms with Crippen LogP contribution < -0.4 is 11.1 Å². The van der Waals surface area contributed by atoms with Crippen LogP contribution in [0.25, 0.3) is 10.9 Å². The molecule has 1 aromatic heterocycles. The molecule has 3 N–H and O–H groups in total. The summed E-state index contributed by atoms with van der Waals surface area (Å²) in [6.07, 6.45) is 4.23. The number of nitrogens with zero attached hydrogens (tertiary/aromatic N) is 2. The molecule has 4 nitrogen and oxygen atoms in total. The molecular formula is C13H16N4. The molecule has 0 radical (unpaired) electrons. The maximum atomic E-state index is 5.75. The lowest BCUT2D eigenvalue weighted by molar-refractivity contribution is 0.691.